The van der Waals surface area contributed by atoms with E-state index in [-0.39, 0.29) is 5.91 Å². The molecule has 4 rings (SSSR count). The van der Waals surface area contributed by atoms with Gasteiger partial charge in [-0.25, -0.2) is 0 Å². The number of hydrogen-bond donors (Lipinski definition) is 1. The van der Waals surface area contributed by atoms with Gasteiger partial charge in [0.1, 0.15) is 12.7 Å². The van der Waals surface area contributed by atoms with Crippen LogP contribution in [0.3, 0.4) is 0 Å². The second kappa shape index (κ2) is 5.68. The molecule has 114 valence electrons. The van der Waals surface area contributed by atoms with Crippen LogP contribution in [0.15, 0.2) is 61.2 Å². The molecule has 1 aromatic heterocycles. The van der Waals surface area contributed by atoms with Gasteiger partial charge in [-0.1, -0.05) is 36.4 Å². The first-order chi connectivity index (χ1) is 11.3. The van der Waals surface area contributed by atoms with E-state index in [2.05, 4.69) is 51.9 Å². The van der Waals surface area contributed by atoms with Gasteiger partial charge < -0.3 is 5.32 Å². The molecule has 0 aliphatic carbocycles. The van der Waals surface area contributed by atoms with Crippen LogP contribution >= 0.6 is 0 Å². The Balaban J connectivity index is 1.61. The normalized spacial score (nSPS) is 17.2. The van der Waals surface area contributed by atoms with E-state index in [0.29, 0.717) is 12.3 Å². The van der Waals surface area contributed by atoms with Gasteiger partial charge in [0.15, 0.2) is 0 Å². The minimum absolute atomic E-state index is 0.140. The molecule has 1 aliphatic rings. The van der Waals surface area contributed by atoms with E-state index < -0.39 is 0 Å². The summed E-state index contributed by atoms with van der Waals surface area (Å²) in [5.41, 5.74) is 4.54. The lowest BCUT2D eigenvalue weighted by Gasteiger charge is -2.10. The Morgan fingerprint density at radius 3 is 2.48 bits per heavy atom. The number of aromatic nitrogens is 3. The van der Waals surface area contributed by atoms with Crippen LogP contribution in [0.25, 0.3) is 16.8 Å². The lowest BCUT2D eigenvalue weighted by molar-refractivity contribution is -0.119. The summed E-state index contributed by atoms with van der Waals surface area (Å²) in [5.74, 6) is 0.431. The monoisotopic (exact) mass is 304 g/mol. The zero-order valence-electron chi connectivity index (χ0n) is 12.5. The first-order valence-corrected chi connectivity index (χ1v) is 7.62. The van der Waals surface area contributed by atoms with Crippen LogP contribution in [0.2, 0.25) is 0 Å². The topological polar surface area (TPSA) is 59.8 Å². The van der Waals surface area contributed by atoms with Gasteiger partial charge in [-0.05, 0) is 28.8 Å². The van der Waals surface area contributed by atoms with E-state index in [1.165, 1.54) is 5.56 Å². The maximum atomic E-state index is 11.3. The van der Waals surface area contributed by atoms with Gasteiger partial charge in [0.25, 0.3) is 0 Å². The van der Waals surface area contributed by atoms with Crippen molar-refractivity contribution < 1.29 is 4.79 Å². The maximum absolute atomic E-state index is 11.3. The molecule has 0 radical (unpaired) electrons. The van der Waals surface area contributed by atoms with Gasteiger partial charge in [0, 0.05) is 24.6 Å². The van der Waals surface area contributed by atoms with Gasteiger partial charge >= 0.3 is 0 Å². The van der Waals surface area contributed by atoms with Crippen molar-refractivity contribution in [1.29, 1.82) is 0 Å². The van der Waals surface area contributed by atoms with E-state index in [0.717, 1.165) is 23.4 Å². The zero-order valence-corrected chi connectivity index (χ0v) is 12.5. The van der Waals surface area contributed by atoms with E-state index in [4.69, 9.17) is 0 Å². The SMILES string of the molecule is O=C1CC(c2ccc(-c3cccc(-n4cnnc4)c3)cc2)CN1. The van der Waals surface area contributed by atoms with Crippen molar-refractivity contribution in [1.82, 2.24) is 20.1 Å². The lowest BCUT2D eigenvalue weighted by atomic mass is 9.95. The molecular formula is C18H16N4O. The van der Waals surface area contributed by atoms with Crippen molar-refractivity contribution >= 4 is 5.91 Å². The second-order valence-electron chi connectivity index (χ2n) is 5.75. The number of carbonyl (C=O) groups is 1. The molecule has 3 aromatic rings. The molecule has 5 heteroatoms. The Labute approximate surface area is 134 Å². The molecule has 2 aromatic carbocycles. The average molecular weight is 304 g/mol. The van der Waals surface area contributed by atoms with Gasteiger partial charge in [0.2, 0.25) is 5.91 Å². The molecule has 0 saturated carbocycles. The number of hydrogen-bond acceptors (Lipinski definition) is 3. The Kier molecular flexibility index (Phi) is 3.38. The average Bonchev–Trinajstić information content (AvgIpc) is 3.27. The van der Waals surface area contributed by atoms with Gasteiger partial charge in [-0.15, -0.1) is 10.2 Å². The van der Waals surface area contributed by atoms with Crippen LogP contribution < -0.4 is 5.32 Å². The van der Waals surface area contributed by atoms with Crippen LogP contribution in [-0.4, -0.2) is 27.2 Å². The number of amides is 1. The molecule has 1 atom stereocenters. The molecule has 0 spiro atoms. The van der Waals surface area contributed by atoms with Gasteiger partial charge in [-0.3, -0.25) is 9.36 Å². The molecule has 23 heavy (non-hydrogen) atoms. The predicted molar refractivity (Wildman–Crippen MR) is 87.2 cm³/mol. The number of nitrogens with zero attached hydrogens (tertiary/aromatic N) is 3. The van der Waals surface area contributed by atoms with Crippen molar-refractivity contribution in [3.05, 3.63) is 66.7 Å². The Hall–Kier alpha value is -2.95. The van der Waals surface area contributed by atoms with Crippen LogP contribution in [0.5, 0.6) is 0 Å². The maximum Gasteiger partial charge on any atom is 0.220 e. The Morgan fingerprint density at radius 2 is 1.78 bits per heavy atom. The first kappa shape index (κ1) is 13.7. The molecule has 5 nitrogen and oxygen atoms in total. The van der Waals surface area contributed by atoms with Crippen LogP contribution in [0.4, 0.5) is 0 Å². The number of nitrogens with one attached hydrogen (secondary N) is 1. The van der Waals surface area contributed by atoms with Gasteiger partial charge in [0.05, 0.1) is 0 Å². The highest BCUT2D eigenvalue weighted by molar-refractivity contribution is 5.79. The molecule has 2 heterocycles. The van der Waals surface area contributed by atoms with Crippen LogP contribution in [0.1, 0.15) is 17.9 Å². The molecule has 1 fully saturated rings. The predicted octanol–water partition coefficient (Wildman–Crippen LogP) is 2.54. The number of rotatable bonds is 3. The third-order valence-electron chi connectivity index (χ3n) is 4.26. The molecule has 1 aliphatic heterocycles. The third-order valence-corrected chi connectivity index (χ3v) is 4.26. The van der Waals surface area contributed by atoms with E-state index in [1.807, 2.05) is 16.7 Å². The Bertz CT molecular complexity index is 824. The zero-order chi connectivity index (χ0) is 15.6. The summed E-state index contributed by atoms with van der Waals surface area (Å²) in [6, 6.07) is 16.7. The number of benzene rings is 2. The van der Waals surface area contributed by atoms with Crippen molar-refractivity contribution in [3.8, 4) is 16.8 Å². The third kappa shape index (κ3) is 2.73. The summed E-state index contributed by atoms with van der Waals surface area (Å²) in [4.78, 5) is 11.3. The highest BCUT2D eigenvalue weighted by Crippen LogP contribution is 2.27. The molecule has 1 N–H and O–H groups in total. The van der Waals surface area contributed by atoms with E-state index in [1.54, 1.807) is 12.7 Å². The summed E-state index contributed by atoms with van der Waals surface area (Å²) in [7, 11) is 0. The summed E-state index contributed by atoms with van der Waals surface area (Å²) in [6.07, 6.45) is 3.96. The summed E-state index contributed by atoms with van der Waals surface area (Å²) >= 11 is 0. The molecule has 0 bridgehead atoms. The summed E-state index contributed by atoms with van der Waals surface area (Å²) < 4.78 is 1.88. The van der Waals surface area contributed by atoms with Crippen molar-refractivity contribution in [2.45, 2.75) is 12.3 Å². The fraction of sp³-hybridized carbons (Fsp3) is 0.167. The van der Waals surface area contributed by atoms with Crippen molar-refractivity contribution in [2.24, 2.45) is 0 Å². The highest BCUT2D eigenvalue weighted by Gasteiger charge is 2.22. The molecule has 1 amide bonds. The fourth-order valence-electron chi connectivity index (χ4n) is 2.97. The molecule has 1 saturated heterocycles. The highest BCUT2D eigenvalue weighted by atomic mass is 16.1. The quantitative estimate of drug-likeness (QED) is 0.809. The largest absolute Gasteiger partial charge is 0.355 e. The first-order valence-electron chi connectivity index (χ1n) is 7.62. The summed E-state index contributed by atoms with van der Waals surface area (Å²) in [5, 5.41) is 10.6. The van der Waals surface area contributed by atoms with Crippen molar-refractivity contribution in [3.63, 3.8) is 0 Å². The molecule has 1 unspecified atom stereocenters. The Morgan fingerprint density at radius 1 is 1.00 bits per heavy atom. The summed E-state index contributed by atoms with van der Waals surface area (Å²) in [6.45, 7) is 0.737. The fourth-order valence-corrected chi connectivity index (χ4v) is 2.97. The lowest BCUT2D eigenvalue weighted by Crippen LogP contribution is -2.13. The van der Waals surface area contributed by atoms with E-state index in [9.17, 15) is 4.79 Å². The minimum atomic E-state index is 0.140. The second-order valence-corrected chi connectivity index (χ2v) is 5.75. The van der Waals surface area contributed by atoms with Crippen LogP contribution in [0, 0.1) is 0 Å². The van der Waals surface area contributed by atoms with Crippen LogP contribution in [-0.2, 0) is 4.79 Å². The molecular weight excluding hydrogens is 288 g/mol. The number of carbonyl (C=O) groups excluding carboxylic acids is 1. The minimum Gasteiger partial charge on any atom is -0.355 e. The van der Waals surface area contributed by atoms with E-state index >= 15 is 0 Å². The standard InChI is InChI=1S/C18H16N4O/c23-18-9-16(10-19-18)14-6-4-13(5-7-14)15-2-1-3-17(8-15)22-11-20-21-12-22/h1-8,11-12,16H,9-10H2,(H,19,23). The van der Waals surface area contributed by atoms with Gasteiger partial charge in [-0.2, -0.15) is 0 Å². The van der Waals surface area contributed by atoms with Crippen molar-refractivity contribution in [2.75, 3.05) is 6.54 Å². The smallest absolute Gasteiger partial charge is 0.220 e.